The van der Waals surface area contributed by atoms with E-state index < -0.39 is 10.9 Å². The molecule has 0 amide bonds. The maximum atomic E-state index is 10.6. The third-order valence-corrected chi connectivity index (χ3v) is 2.94. The topological polar surface area (TPSA) is 83.7 Å². The first-order chi connectivity index (χ1) is 8.82. The van der Waals surface area contributed by atoms with Crippen LogP contribution < -0.4 is 4.90 Å². The Morgan fingerprint density at radius 3 is 2.58 bits per heavy atom. The van der Waals surface area contributed by atoms with Crippen molar-refractivity contribution >= 4 is 28.9 Å². The Labute approximate surface area is 115 Å². The van der Waals surface area contributed by atoms with E-state index in [9.17, 15) is 14.9 Å². The average Bonchev–Trinajstić information content (AvgIpc) is 2.30. The van der Waals surface area contributed by atoms with Crippen molar-refractivity contribution in [3.05, 3.63) is 33.3 Å². The van der Waals surface area contributed by atoms with Crippen LogP contribution in [0.3, 0.4) is 0 Å². The Bertz CT molecular complexity index is 491. The molecule has 7 heteroatoms. The summed E-state index contributed by atoms with van der Waals surface area (Å²) in [6, 6.07) is 4.21. The number of rotatable bonds is 6. The standard InChI is InChI=1S/C12H15ClN2O4/c1-8(2)14(6-5-12(16)17)11-4-3-9(15(18)19)7-10(11)13/h3-4,7-8H,5-6H2,1-2H3,(H,16,17). The molecule has 0 atom stereocenters. The van der Waals surface area contributed by atoms with Crippen LogP contribution in [0.25, 0.3) is 0 Å². The summed E-state index contributed by atoms with van der Waals surface area (Å²) in [6.45, 7) is 4.10. The lowest BCUT2D eigenvalue weighted by molar-refractivity contribution is -0.384. The van der Waals surface area contributed by atoms with E-state index >= 15 is 0 Å². The molecule has 1 rings (SSSR count). The van der Waals surface area contributed by atoms with Gasteiger partial charge in [0.1, 0.15) is 0 Å². The monoisotopic (exact) mass is 286 g/mol. The maximum Gasteiger partial charge on any atom is 0.305 e. The van der Waals surface area contributed by atoms with Gasteiger partial charge in [0.15, 0.2) is 0 Å². The zero-order chi connectivity index (χ0) is 14.6. The molecule has 0 aliphatic rings. The summed E-state index contributed by atoms with van der Waals surface area (Å²) in [7, 11) is 0. The minimum absolute atomic E-state index is 0.0223. The fraction of sp³-hybridized carbons (Fsp3) is 0.417. The summed E-state index contributed by atoms with van der Waals surface area (Å²) in [4.78, 5) is 22.6. The van der Waals surface area contributed by atoms with Gasteiger partial charge in [-0.25, -0.2) is 0 Å². The highest BCUT2D eigenvalue weighted by Gasteiger charge is 2.17. The molecule has 19 heavy (non-hydrogen) atoms. The van der Waals surface area contributed by atoms with Gasteiger partial charge >= 0.3 is 5.97 Å². The van der Waals surface area contributed by atoms with Crippen molar-refractivity contribution in [2.24, 2.45) is 0 Å². The van der Waals surface area contributed by atoms with Crippen molar-refractivity contribution in [3.63, 3.8) is 0 Å². The second-order valence-corrected chi connectivity index (χ2v) is 4.73. The van der Waals surface area contributed by atoms with E-state index in [1.807, 2.05) is 13.8 Å². The fourth-order valence-corrected chi connectivity index (χ4v) is 2.00. The number of aliphatic carboxylic acids is 1. The number of nitrogens with zero attached hydrogens (tertiary/aromatic N) is 2. The third-order valence-electron chi connectivity index (χ3n) is 2.64. The molecule has 0 spiro atoms. The Morgan fingerprint density at radius 1 is 1.53 bits per heavy atom. The molecule has 0 aromatic heterocycles. The van der Waals surface area contributed by atoms with Crippen LogP contribution in [0.4, 0.5) is 11.4 Å². The average molecular weight is 287 g/mol. The minimum Gasteiger partial charge on any atom is -0.481 e. The molecule has 0 bridgehead atoms. The van der Waals surface area contributed by atoms with Gasteiger partial charge in [-0.3, -0.25) is 14.9 Å². The number of anilines is 1. The van der Waals surface area contributed by atoms with E-state index in [0.717, 1.165) is 0 Å². The summed E-state index contributed by atoms with van der Waals surface area (Å²) in [5, 5.41) is 19.6. The van der Waals surface area contributed by atoms with E-state index in [1.54, 1.807) is 11.0 Å². The van der Waals surface area contributed by atoms with Crippen LogP contribution in [0.15, 0.2) is 18.2 Å². The van der Waals surface area contributed by atoms with Gasteiger partial charge in [-0.05, 0) is 19.9 Å². The van der Waals surface area contributed by atoms with Crippen LogP contribution in [0.1, 0.15) is 20.3 Å². The zero-order valence-corrected chi connectivity index (χ0v) is 11.4. The second-order valence-electron chi connectivity index (χ2n) is 4.32. The second kappa shape index (κ2) is 6.38. The quantitative estimate of drug-likeness (QED) is 0.642. The van der Waals surface area contributed by atoms with E-state index in [4.69, 9.17) is 16.7 Å². The molecule has 104 valence electrons. The van der Waals surface area contributed by atoms with Crippen molar-refractivity contribution in [1.82, 2.24) is 0 Å². The first-order valence-corrected chi connectivity index (χ1v) is 6.13. The number of carboxylic acids is 1. The van der Waals surface area contributed by atoms with Crippen LogP contribution in [-0.4, -0.2) is 28.6 Å². The van der Waals surface area contributed by atoms with Crippen molar-refractivity contribution in [1.29, 1.82) is 0 Å². The molecule has 0 unspecified atom stereocenters. The van der Waals surface area contributed by atoms with Gasteiger partial charge in [0.05, 0.1) is 22.1 Å². The van der Waals surface area contributed by atoms with Crippen molar-refractivity contribution < 1.29 is 14.8 Å². The van der Waals surface area contributed by atoms with E-state index in [0.29, 0.717) is 12.2 Å². The molecule has 1 N–H and O–H groups in total. The maximum absolute atomic E-state index is 10.6. The molecular formula is C12H15ClN2O4. The predicted molar refractivity (Wildman–Crippen MR) is 72.8 cm³/mol. The molecule has 1 aromatic rings. The van der Waals surface area contributed by atoms with E-state index in [1.165, 1.54) is 12.1 Å². The van der Waals surface area contributed by atoms with Gasteiger partial charge in [-0.1, -0.05) is 11.6 Å². The van der Waals surface area contributed by atoms with Gasteiger partial charge in [0.2, 0.25) is 0 Å². The summed E-state index contributed by atoms with van der Waals surface area (Å²) in [6.07, 6.45) is -0.0223. The third kappa shape index (κ3) is 4.10. The number of hydrogen-bond acceptors (Lipinski definition) is 4. The van der Waals surface area contributed by atoms with Crippen LogP contribution in [-0.2, 0) is 4.79 Å². The normalized spacial score (nSPS) is 10.5. The Hall–Kier alpha value is -1.82. The number of hydrogen-bond donors (Lipinski definition) is 1. The molecule has 6 nitrogen and oxygen atoms in total. The number of carbonyl (C=O) groups is 1. The highest BCUT2D eigenvalue weighted by atomic mass is 35.5. The van der Waals surface area contributed by atoms with Crippen LogP contribution >= 0.6 is 11.6 Å². The van der Waals surface area contributed by atoms with Crippen molar-refractivity contribution in [2.45, 2.75) is 26.3 Å². The summed E-state index contributed by atoms with van der Waals surface area (Å²) < 4.78 is 0. The van der Waals surface area contributed by atoms with Crippen molar-refractivity contribution in [2.75, 3.05) is 11.4 Å². The number of nitro groups is 1. The Morgan fingerprint density at radius 2 is 2.16 bits per heavy atom. The molecule has 1 aromatic carbocycles. The molecule has 0 aliphatic carbocycles. The van der Waals surface area contributed by atoms with E-state index in [-0.39, 0.29) is 23.2 Å². The van der Waals surface area contributed by atoms with Crippen LogP contribution in [0.2, 0.25) is 5.02 Å². The van der Waals surface area contributed by atoms with Crippen LogP contribution in [0.5, 0.6) is 0 Å². The minimum atomic E-state index is -0.899. The number of nitro benzene ring substituents is 1. The number of halogens is 1. The summed E-state index contributed by atoms with van der Waals surface area (Å²) >= 11 is 6.03. The Balaban J connectivity index is 3.02. The molecule has 0 radical (unpaired) electrons. The largest absolute Gasteiger partial charge is 0.481 e. The van der Waals surface area contributed by atoms with E-state index in [2.05, 4.69) is 0 Å². The number of carboxylic acid groups (broad SMARTS) is 1. The molecule has 0 saturated heterocycles. The fourth-order valence-electron chi connectivity index (χ4n) is 1.72. The first-order valence-electron chi connectivity index (χ1n) is 5.75. The summed E-state index contributed by atoms with van der Waals surface area (Å²) in [5.41, 5.74) is 0.513. The van der Waals surface area contributed by atoms with Gasteiger partial charge in [-0.15, -0.1) is 0 Å². The summed E-state index contributed by atoms with van der Waals surface area (Å²) in [5.74, 6) is -0.899. The highest BCUT2D eigenvalue weighted by Crippen LogP contribution is 2.31. The van der Waals surface area contributed by atoms with Crippen LogP contribution in [0, 0.1) is 10.1 Å². The highest BCUT2D eigenvalue weighted by molar-refractivity contribution is 6.33. The van der Waals surface area contributed by atoms with Gasteiger partial charge in [0.25, 0.3) is 5.69 Å². The van der Waals surface area contributed by atoms with Gasteiger partial charge in [-0.2, -0.15) is 0 Å². The zero-order valence-electron chi connectivity index (χ0n) is 10.7. The van der Waals surface area contributed by atoms with Gasteiger partial charge < -0.3 is 10.0 Å². The first kappa shape index (κ1) is 15.2. The Kier molecular flexibility index (Phi) is 5.11. The smallest absolute Gasteiger partial charge is 0.305 e. The number of non-ortho nitro benzene ring substituents is 1. The number of benzene rings is 1. The lowest BCUT2D eigenvalue weighted by Gasteiger charge is -2.29. The van der Waals surface area contributed by atoms with Gasteiger partial charge in [0, 0.05) is 24.7 Å². The SMILES string of the molecule is CC(C)N(CCC(=O)O)c1ccc([N+](=O)[O-])cc1Cl. The molecule has 0 aliphatic heterocycles. The lowest BCUT2D eigenvalue weighted by Crippen LogP contribution is -2.33. The predicted octanol–water partition coefficient (Wildman–Crippen LogP) is 2.94. The molecular weight excluding hydrogens is 272 g/mol. The molecule has 0 fully saturated rings. The molecule has 0 heterocycles. The lowest BCUT2D eigenvalue weighted by atomic mass is 10.2. The molecule has 0 saturated carbocycles. The van der Waals surface area contributed by atoms with Crippen molar-refractivity contribution in [3.8, 4) is 0 Å².